The third-order valence-corrected chi connectivity index (χ3v) is 3.69. The minimum Gasteiger partial charge on any atom is -0.486 e. The summed E-state index contributed by atoms with van der Waals surface area (Å²) in [5.74, 6) is 1.55. The molecule has 1 aliphatic heterocycles. The number of hydrogen-bond donors (Lipinski definition) is 2. The number of carbonyl (C=O) groups excluding carboxylic acids is 1. The van der Waals surface area contributed by atoms with Gasteiger partial charge in [0.2, 0.25) is 5.91 Å². The van der Waals surface area contributed by atoms with Crippen molar-refractivity contribution >= 4 is 5.91 Å². The maximum atomic E-state index is 11.2. The number of hydrogen-bond acceptors (Lipinski definition) is 7. The molecule has 0 aliphatic carbocycles. The van der Waals surface area contributed by atoms with E-state index in [0.29, 0.717) is 53.4 Å². The van der Waals surface area contributed by atoms with Crippen LogP contribution in [-0.2, 0) is 11.2 Å². The summed E-state index contributed by atoms with van der Waals surface area (Å²) in [6, 6.07) is 5.43. The number of fused-ring (bicyclic) bond motifs is 1. The number of carbonyl (C=O) groups is 1. The third kappa shape index (κ3) is 2.77. The summed E-state index contributed by atoms with van der Waals surface area (Å²) in [5.41, 5.74) is 7.17. The van der Waals surface area contributed by atoms with Crippen molar-refractivity contribution in [2.75, 3.05) is 13.2 Å². The molecule has 3 N–H and O–H groups in total. The molecule has 1 aromatic carbocycles. The number of aromatic nitrogens is 6. The Labute approximate surface area is 142 Å². The minimum absolute atomic E-state index is 0.0680. The molecule has 0 fully saturated rings. The van der Waals surface area contributed by atoms with E-state index in [1.54, 1.807) is 23.7 Å². The monoisotopic (exact) mass is 341 g/mol. The van der Waals surface area contributed by atoms with Gasteiger partial charge in [0.25, 0.3) is 0 Å². The molecule has 10 heteroatoms. The molecule has 4 rings (SSSR count). The summed E-state index contributed by atoms with van der Waals surface area (Å²) in [5, 5.41) is 15.1. The number of rotatable bonds is 4. The summed E-state index contributed by atoms with van der Waals surface area (Å²) in [6.45, 7) is 2.80. The molecule has 0 unspecified atom stereocenters. The van der Waals surface area contributed by atoms with Crippen molar-refractivity contribution in [2.45, 2.75) is 13.3 Å². The SMILES string of the molecule is Cc1n[nH]nc1-c1nc(CC(N)=O)nn1-c1ccc2c(c1)OCCO2. The summed E-state index contributed by atoms with van der Waals surface area (Å²) in [4.78, 5) is 15.6. The van der Waals surface area contributed by atoms with Crippen LogP contribution in [0.25, 0.3) is 17.2 Å². The van der Waals surface area contributed by atoms with Crippen LogP contribution in [-0.4, -0.2) is 49.3 Å². The zero-order chi connectivity index (χ0) is 17.4. The van der Waals surface area contributed by atoms with E-state index in [4.69, 9.17) is 15.2 Å². The zero-order valence-corrected chi connectivity index (χ0v) is 13.4. The maximum absolute atomic E-state index is 11.2. The van der Waals surface area contributed by atoms with Crippen molar-refractivity contribution in [3.63, 3.8) is 0 Å². The predicted octanol–water partition coefficient (Wildman–Crippen LogP) is 0.160. The van der Waals surface area contributed by atoms with E-state index in [2.05, 4.69) is 25.5 Å². The van der Waals surface area contributed by atoms with Crippen molar-refractivity contribution in [1.82, 2.24) is 30.2 Å². The number of aryl methyl sites for hydroxylation is 1. The van der Waals surface area contributed by atoms with Gasteiger partial charge in [-0.1, -0.05) is 0 Å². The molecule has 0 atom stereocenters. The second-order valence-electron chi connectivity index (χ2n) is 5.49. The molecule has 128 valence electrons. The Morgan fingerprint density at radius 2 is 2.08 bits per heavy atom. The molecule has 10 nitrogen and oxygen atoms in total. The van der Waals surface area contributed by atoms with Crippen molar-refractivity contribution in [3.05, 3.63) is 29.7 Å². The molecule has 0 spiro atoms. The average Bonchev–Trinajstić information content (AvgIpc) is 3.19. The van der Waals surface area contributed by atoms with Crippen LogP contribution in [0.3, 0.4) is 0 Å². The molecular weight excluding hydrogens is 326 g/mol. The third-order valence-electron chi connectivity index (χ3n) is 3.69. The number of aromatic amines is 1. The van der Waals surface area contributed by atoms with Crippen LogP contribution < -0.4 is 15.2 Å². The summed E-state index contributed by atoms with van der Waals surface area (Å²) in [6.07, 6.45) is -0.0680. The van der Waals surface area contributed by atoms with Gasteiger partial charge in [-0.05, 0) is 19.1 Å². The lowest BCUT2D eigenvalue weighted by molar-refractivity contribution is -0.117. The highest BCUT2D eigenvalue weighted by Crippen LogP contribution is 2.33. The average molecular weight is 341 g/mol. The Morgan fingerprint density at radius 1 is 1.28 bits per heavy atom. The number of nitrogens with two attached hydrogens (primary N) is 1. The van der Waals surface area contributed by atoms with E-state index in [1.807, 2.05) is 6.07 Å². The standard InChI is InChI=1S/C15H15N7O3/c1-8-14(19-21-18-8)15-17-13(7-12(16)23)20-22(15)9-2-3-10-11(6-9)25-5-4-24-10/h2-3,6H,4-5,7H2,1H3,(H2,16,23)(H,18,19,21). The van der Waals surface area contributed by atoms with Crippen LogP contribution in [0, 0.1) is 6.92 Å². The second-order valence-corrected chi connectivity index (χ2v) is 5.49. The molecule has 2 aromatic heterocycles. The molecule has 3 heterocycles. The highest BCUT2D eigenvalue weighted by atomic mass is 16.6. The van der Waals surface area contributed by atoms with Crippen molar-refractivity contribution in [2.24, 2.45) is 5.73 Å². The first-order chi connectivity index (χ1) is 12.1. The van der Waals surface area contributed by atoms with Gasteiger partial charge in [0, 0.05) is 6.07 Å². The molecule has 0 saturated heterocycles. The van der Waals surface area contributed by atoms with E-state index in [-0.39, 0.29) is 6.42 Å². The quantitative estimate of drug-likeness (QED) is 0.690. The lowest BCUT2D eigenvalue weighted by atomic mass is 10.2. The van der Waals surface area contributed by atoms with Crippen LogP contribution in [0.15, 0.2) is 18.2 Å². The normalized spacial score (nSPS) is 13.0. The molecule has 0 bridgehead atoms. The van der Waals surface area contributed by atoms with Gasteiger partial charge in [-0.3, -0.25) is 4.79 Å². The second kappa shape index (κ2) is 5.89. The van der Waals surface area contributed by atoms with Crippen molar-refractivity contribution in [3.8, 4) is 28.7 Å². The largest absolute Gasteiger partial charge is 0.486 e. The van der Waals surface area contributed by atoms with Crippen molar-refractivity contribution < 1.29 is 14.3 Å². The molecular formula is C15H15N7O3. The lowest BCUT2D eigenvalue weighted by Gasteiger charge is -2.19. The highest BCUT2D eigenvalue weighted by Gasteiger charge is 2.21. The number of amides is 1. The number of primary amides is 1. The van der Waals surface area contributed by atoms with Crippen LogP contribution in [0.1, 0.15) is 11.5 Å². The molecule has 0 saturated carbocycles. The van der Waals surface area contributed by atoms with Crippen LogP contribution in [0.2, 0.25) is 0 Å². The van der Waals surface area contributed by atoms with Gasteiger partial charge < -0.3 is 15.2 Å². The van der Waals surface area contributed by atoms with E-state index in [0.717, 1.165) is 0 Å². The van der Waals surface area contributed by atoms with Gasteiger partial charge in [0.15, 0.2) is 28.8 Å². The lowest BCUT2D eigenvalue weighted by Crippen LogP contribution is -2.16. The van der Waals surface area contributed by atoms with Gasteiger partial charge in [-0.2, -0.15) is 20.5 Å². The Balaban J connectivity index is 1.84. The summed E-state index contributed by atoms with van der Waals surface area (Å²) >= 11 is 0. The number of nitrogens with one attached hydrogen (secondary N) is 1. The van der Waals surface area contributed by atoms with E-state index < -0.39 is 5.91 Å². The molecule has 1 aliphatic rings. The fourth-order valence-corrected chi connectivity index (χ4v) is 2.58. The first-order valence-corrected chi connectivity index (χ1v) is 7.64. The number of benzene rings is 1. The topological polar surface area (TPSA) is 134 Å². The Morgan fingerprint density at radius 3 is 2.80 bits per heavy atom. The van der Waals surface area contributed by atoms with E-state index in [1.165, 1.54) is 0 Å². The number of nitrogens with zero attached hydrogens (tertiary/aromatic N) is 5. The summed E-state index contributed by atoms with van der Waals surface area (Å²) in [7, 11) is 0. The summed E-state index contributed by atoms with van der Waals surface area (Å²) < 4.78 is 12.7. The Kier molecular flexibility index (Phi) is 3.56. The highest BCUT2D eigenvalue weighted by molar-refractivity contribution is 5.75. The van der Waals surface area contributed by atoms with E-state index >= 15 is 0 Å². The number of H-pyrrole nitrogens is 1. The molecule has 1 amide bonds. The van der Waals surface area contributed by atoms with Crippen LogP contribution >= 0.6 is 0 Å². The van der Waals surface area contributed by atoms with E-state index in [9.17, 15) is 4.79 Å². The van der Waals surface area contributed by atoms with Gasteiger partial charge in [-0.25, -0.2) is 9.67 Å². The van der Waals surface area contributed by atoms with Crippen molar-refractivity contribution in [1.29, 1.82) is 0 Å². The van der Waals surface area contributed by atoms with Gasteiger partial charge in [0.1, 0.15) is 13.2 Å². The Hall–Kier alpha value is -3.43. The first kappa shape index (κ1) is 15.1. The molecule has 3 aromatic rings. The fourth-order valence-electron chi connectivity index (χ4n) is 2.58. The van der Waals surface area contributed by atoms with Gasteiger partial charge >= 0.3 is 0 Å². The predicted molar refractivity (Wildman–Crippen MR) is 85.4 cm³/mol. The van der Waals surface area contributed by atoms with Crippen LogP contribution in [0.5, 0.6) is 11.5 Å². The molecule has 25 heavy (non-hydrogen) atoms. The minimum atomic E-state index is -0.511. The maximum Gasteiger partial charge on any atom is 0.225 e. The first-order valence-electron chi connectivity index (χ1n) is 7.64. The van der Waals surface area contributed by atoms with Gasteiger partial charge in [0.05, 0.1) is 17.8 Å². The fraction of sp³-hybridized carbons (Fsp3) is 0.267. The smallest absolute Gasteiger partial charge is 0.225 e. The number of ether oxygens (including phenoxy) is 2. The zero-order valence-electron chi connectivity index (χ0n) is 13.4. The van der Waals surface area contributed by atoms with Gasteiger partial charge in [-0.15, -0.1) is 0 Å². The Bertz CT molecular complexity index is 947. The van der Waals surface area contributed by atoms with Crippen LogP contribution in [0.4, 0.5) is 0 Å². The molecule has 0 radical (unpaired) electrons.